The summed E-state index contributed by atoms with van der Waals surface area (Å²) in [6.07, 6.45) is 0. The van der Waals surface area contributed by atoms with Gasteiger partial charge in [0.2, 0.25) is 0 Å². The molecule has 0 saturated carbocycles. The van der Waals surface area contributed by atoms with Crippen molar-refractivity contribution < 1.29 is 29.4 Å². The Hall–Kier alpha value is -3.56. The van der Waals surface area contributed by atoms with Crippen LogP contribution >= 0.6 is 0 Å². The van der Waals surface area contributed by atoms with Crippen molar-refractivity contribution in [1.29, 1.82) is 0 Å². The SMILES string of the molecule is O=C(O)c1ccccc1C(=O)NCCN(CO)CCN1C(=O)c2ccccc2C1=O. The molecule has 1 heterocycles. The van der Waals surface area contributed by atoms with E-state index in [9.17, 15) is 24.3 Å². The van der Waals surface area contributed by atoms with Gasteiger partial charge < -0.3 is 15.5 Å². The van der Waals surface area contributed by atoms with Gasteiger partial charge in [0, 0.05) is 26.2 Å². The number of nitrogens with zero attached hydrogens (tertiary/aromatic N) is 2. The molecule has 2 aromatic rings. The van der Waals surface area contributed by atoms with Gasteiger partial charge in [-0.05, 0) is 24.3 Å². The molecule has 0 unspecified atom stereocenters. The van der Waals surface area contributed by atoms with E-state index in [2.05, 4.69) is 5.32 Å². The van der Waals surface area contributed by atoms with Crippen LogP contribution in [0.2, 0.25) is 0 Å². The van der Waals surface area contributed by atoms with Crippen LogP contribution in [0.25, 0.3) is 0 Å². The smallest absolute Gasteiger partial charge is 0.336 e. The second-order valence-electron chi connectivity index (χ2n) is 6.67. The number of carbonyl (C=O) groups is 4. The number of aromatic carboxylic acids is 1. The number of amides is 3. The molecule has 1 aliphatic heterocycles. The molecule has 0 aliphatic carbocycles. The summed E-state index contributed by atoms with van der Waals surface area (Å²) in [7, 11) is 0. The molecule has 0 aromatic heterocycles. The largest absolute Gasteiger partial charge is 0.478 e. The zero-order chi connectivity index (χ0) is 21.7. The van der Waals surface area contributed by atoms with E-state index in [1.165, 1.54) is 18.2 Å². The van der Waals surface area contributed by atoms with Crippen LogP contribution in [-0.4, -0.2) is 76.6 Å². The summed E-state index contributed by atoms with van der Waals surface area (Å²) in [5, 5.41) is 21.3. The monoisotopic (exact) mass is 411 g/mol. The van der Waals surface area contributed by atoms with Crippen LogP contribution in [0.15, 0.2) is 48.5 Å². The molecule has 0 radical (unpaired) electrons. The lowest BCUT2D eigenvalue weighted by molar-refractivity contribution is 0.0583. The fraction of sp³-hybridized carbons (Fsp3) is 0.238. The molecule has 30 heavy (non-hydrogen) atoms. The van der Waals surface area contributed by atoms with Crippen molar-refractivity contribution in [3.8, 4) is 0 Å². The highest BCUT2D eigenvalue weighted by atomic mass is 16.4. The third kappa shape index (κ3) is 4.37. The maximum absolute atomic E-state index is 12.4. The van der Waals surface area contributed by atoms with Crippen LogP contribution in [0.4, 0.5) is 0 Å². The molecule has 3 N–H and O–H groups in total. The number of hydrogen-bond acceptors (Lipinski definition) is 6. The van der Waals surface area contributed by atoms with E-state index in [0.717, 1.165) is 4.90 Å². The van der Waals surface area contributed by atoms with Crippen LogP contribution in [0, 0.1) is 0 Å². The molecule has 3 amide bonds. The van der Waals surface area contributed by atoms with Gasteiger partial charge in [-0.25, -0.2) is 4.79 Å². The van der Waals surface area contributed by atoms with Crippen LogP contribution in [-0.2, 0) is 0 Å². The Morgan fingerprint density at radius 1 is 0.900 bits per heavy atom. The van der Waals surface area contributed by atoms with Crippen molar-refractivity contribution in [1.82, 2.24) is 15.1 Å². The summed E-state index contributed by atoms with van der Waals surface area (Å²) in [5.74, 6) is -2.47. The molecule has 9 heteroatoms. The zero-order valence-corrected chi connectivity index (χ0v) is 16.1. The number of nitrogens with one attached hydrogen (secondary N) is 1. The van der Waals surface area contributed by atoms with Crippen LogP contribution in [0.3, 0.4) is 0 Å². The average molecular weight is 411 g/mol. The predicted molar refractivity (Wildman–Crippen MR) is 106 cm³/mol. The van der Waals surface area contributed by atoms with E-state index in [1.807, 2.05) is 0 Å². The van der Waals surface area contributed by atoms with E-state index >= 15 is 0 Å². The first-order chi connectivity index (χ1) is 14.4. The summed E-state index contributed by atoms with van der Waals surface area (Å²) in [6.45, 7) is 0.396. The summed E-state index contributed by atoms with van der Waals surface area (Å²) in [6, 6.07) is 12.5. The number of carboxylic acid groups (broad SMARTS) is 1. The standard InChI is InChI=1S/C21H21N3O6/c25-13-23(10-9-22-18(26)14-5-1-4-8-17(14)21(29)30)11-12-24-19(27)15-6-2-3-7-16(15)20(24)28/h1-8,25H,9-13H2,(H,22,26)(H,29,30). The number of fused-ring (bicyclic) bond motifs is 1. The van der Waals surface area contributed by atoms with Crippen molar-refractivity contribution in [2.75, 3.05) is 32.9 Å². The minimum absolute atomic E-state index is 0.0478. The van der Waals surface area contributed by atoms with E-state index in [4.69, 9.17) is 5.11 Å². The Labute approximate surface area is 172 Å². The number of carboxylic acids is 1. The van der Waals surface area contributed by atoms with E-state index in [-0.39, 0.29) is 55.9 Å². The summed E-state index contributed by atoms with van der Waals surface area (Å²) in [5.41, 5.74) is 0.677. The van der Waals surface area contributed by atoms with Crippen LogP contribution < -0.4 is 5.32 Å². The molecule has 0 fully saturated rings. The fourth-order valence-corrected chi connectivity index (χ4v) is 3.23. The van der Waals surface area contributed by atoms with Crippen molar-refractivity contribution in [2.24, 2.45) is 0 Å². The normalized spacial score (nSPS) is 12.9. The van der Waals surface area contributed by atoms with Crippen molar-refractivity contribution in [3.05, 3.63) is 70.8 Å². The van der Waals surface area contributed by atoms with Gasteiger partial charge in [-0.3, -0.25) is 24.2 Å². The number of benzene rings is 2. The number of imide groups is 1. The molecule has 0 spiro atoms. The Morgan fingerprint density at radius 2 is 1.47 bits per heavy atom. The first-order valence-electron chi connectivity index (χ1n) is 9.33. The molecule has 2 aromatic carbocycles. The van der Waals surface area contributed by atoms with Crippen molar-refractivity contribution in [2.45, 2.75) is 0 Å². The lowest BCUT2D eigenvalue weighted by atomic mass is 10.1. The van der Waals surface area contributed by atoms with Gasteiger partial charge in [0.25, 0.3) is 17.7 Å². The first-order valence-corrected chi connectivity index (χ1v) is 9.33. The minimum atomic E-state index is -1.20. The van der Waals surface area contributed by atoms with Gasteiger partial charge >= 0.3 is 5.97 Å². The van der Waals surface area contributed by atoms with Crippen LogP contribution in [0.5, 0.6) is 0 Å². The van der Waals surface area contributed by atoms with Gasteiger partial charge in [0.1, 0.15) is 0 Å². The number of aliphatic hydroxyl groups excluding tert-OH is 1. The van der Waals surface area contributed by atoms with E-state index < -0.39 is 11.9 Å². The summed E-state index contributed by atoms with van der Waals surface area (Å²) in [4.78, 5) is 50.9. The predicted octanol–water partition coefficient (Wildman–Crippen LogP) is 0.663. The van der Waals surface area contributed by atoms with E-state index in [1.54, 1.807) is 35.2 Å². The lowest BCUT2D eigenvalue weighted by Gasteiger charge is -2.22. The van der Waals surface area contributed by atoms with Crippen molar-refractivity contribution >= 4 is 23.7 Å². The second kappa shape index (κ2) is 9.29. The minimum Gasteiger partial charge on any atom is -0.478 e. The second-order valence-corrected chi connectivity index (χ2v) is 6.67. The Bertz CT molecular complexity index is 955. The molecule has 9 nitrogen and oxygen atoms in total. The third-order valence-electron chi connectivity index (χ3n) is 4.83. The zero-order valence-electron chi connectivity index (χ0n) is 16.1. The van der Waals surface area contributed by atoms with E-state index in [0.29, 0.717) is 11.1 Å². The highest BCUT2D eigenvalue weighted by Crippen LogP contribution is 2.22. The topological polar surface area (TPSA) is 127 Å². The Balaban J connectivity index is 1.51. The highest BCUT2D eigenvalue weighted by molar-refractivity contribution is 6.21. The molecule has 1 aliphatic rings. The molecule has 0 atom stereocenters. The lowest BCUT2D eigenvalue weighted by Crippen LogP contribution is -2.41. The number of carbonyl (C=O) groups excluding carboxylic acids is 3. The summed E-state index contributed by atoms with van der Waals surface area (Å²) < 4.78 is 0. The quantitative estimate of drug-likeness (QED) is 0.409. The molecule has 3 rings (SSSR count). The van der Waals surface area contributed by atoms with Gasteiger partial charge in [-0.15, -0.1) is 0 Å². The Morgan fingerprint density at radius 3 is 2.03 bits per heavy atom. The average Bonchev–Trinajstić information content (AvgIpc) is 3.00. The first kappa shape index (κ1) is 21.2. The highest BCUT2D eigenvalue weighted by Gasteiger charge is 2.34. The summed E-state index contributed by atoms with van der Waals surface area (Å²) >= 11 is 0. The van der Waals surface area contributed by atoms with Gasteiger partial charge in [0.15, 0.2) is 0 Å². The Kier molecular flexibility index (Phi) is 6.55. The van der Waals surface area contributed by atoms with Gasteiger partial charge in [-0.1, -0.05) is 24.3 Å². The fourth-order valence-electron chi connectivity index (χ4n) is 3.23. The van der Waals surface area contributed by atoms with Crippen LogP contribution in [0.1, 0.15) is 41.4 Å². The number of aliphatic hydroxyl groups is 1. The van der Waals surface area contributed by atoms with Crippen molar-refractivity contribution in [3.63, 3.8) is 0 Å². The third-order valence-corrected chi connectivity index (χ3v) is 4.83. The maximum Gasteiger partial charge on any atom is 0.336 e. The number of hydrogen-bond donors (Lipinski definition) is 3. The maximum atomic E-state index is 12.4. The van der Waals surface area contributed by atoms with Gasteiger partial charge in [0.05, 0.1) is 29.0 Å². The molecule has 156 valence electrons. The molecular formula is C21H21N3O6. The molecular weight excluding hydrogens is 390 g/mol. The van der Waals surface area contributed by atoms with Gasteiger partial charge in [-0.2, -0.15) is 0 Å². The molecule has 0 saturated heterocycles. The molecule has 0 bridgehead atoms. The number of rotatable bonds is 9.